The first-order valence-corrected chi connectivity index (χ1v) is 4.56. The summed E-state index contributed by atoms with van der Waals surface area (Å²) in [6.07, 6.45) is 2.23. The van der Waals surface area contributed by atoms with Crippen LogP contribution in [0.4, 0.5) is 0 Å². The number of carbonyl (C=O) groups excluding carboxylic acids is 3. The fraction of sp³-hybridized carbons (Fsp3) is 0.625. The molecule has 1 atom stereocenters. The zero-order valence-electron chi connectivity index (χ0n) is 7.08. The molecule has 0 aromatic heterocycles. The lowest BCUT2D eigenvalue weighted by Gasteiger charge is -2.32. The number of thiol groups is 1. The minimum Gasteiger partial charge on any atom is -0.298 e. The number of nitrogens with one attached hydrogen (secondary N) is 1. The Balaban J connectivity index is 2.91. The second-order valence-electron chi connectivity index (χ2n) is 3.08. The average molecular weight is 201 g/mol. The van der Waals surface area contributed by atoms with Crippen molar-refractivity contribution in [2.75, 3.05) is 6.54 Å². The molecule has 0 saturated carbocycles. The minimum atomic E-state index is -1.34. The maximum Gasteiger partial charge on any atom is 0.223 e. The molecule has 72 valence electrons. The molecule has 4 nitrogen and oxygen atoms in total. The van der Waals surface area contributed by atoms with Crippen molar-refractivity contribution in [3.8, 4) is 0 Å². The fourth-order valence-electron chi connectivity index (χ4n) is 1.50. The lowest BCUT2D eigenvalue weighted by Crippen LogP contribution is -2.59. The van der Waals surface area contributed by atoms with Gasteiger partial charge in [-0.05, 0) is 25.8 Å². The van der Waals surface area contributed by atoms with E-state index in [1.54, 1.807) is 0 Å². The van der Waals surface area contributed by atoms with Crippen molar-refractivity contribution in [1.29, 1.82) is 0 Å². The van der Waals surface area contributed by atoms with Crippen LogP contribution in [0.1, 0.15) is 19.3 Å². The van der Waals surface area contributed by atoms with Gasteiger partial charge in [0.15, 0.2) is 11.8 Å². The lowest BCUT2D eigenvalue weighted by molar-refractivity contribution is -0.138. The quantitative estimate of drug-likeness (QED) is 0.285. The van der Waals surface area contributed by atoms with Gasteiger partial charge in [0.05, 0.1) is 0 Å². The number of hydrogen-bond donors (Lipinski definition) is 2. The number of rotatable bonds is 3. The first-order chi connectivity index (χ1) is 6.13. The third-order valence-corrected chi connectivity index (χ3v) is 2.68. The first kappa shape index (κ1) is 10.4. The van der Waals surface area contributed by atoms with Crippen LogP contribution in [0.3, 0.4) is 0 Å². The van der Waals surface area contributed by atoms with Crippen molar-refractivity contribution in [2.45, 2.75) is 24.8 Å². The van der Waals surface area contributed by atoms with Gasteiger partial charge in [0.1, 0.15) is 0 Å². The van der Waals surface area contributed by atoms with Crippen molar-refractivity contribution >= 4 is 29.8 Å². The maximum absolute atomic E-state index is 11.2. The SMILES string of the molecule is O=CC(=O)C1(C(=O)S)CCCCN1. The molecule has 1 aliphatic rings. The molecule has 1 rings (SSSR count). The largest absolute Gasteiger partial charge is 0.298 e. The van der Waals surface area contributed by atoms with Crippen molar-refractivity contribution in [3.05, 3.63) is 0 Å². The van der Waals surface area contributed by atoms with E-state index in [-0.39, 0.29) is 6.29 Å². The van der Waals surface area contributed by atoms with E-state index in [0.717, 1.165) is 12.8 Å². The molecule has 0 amide bonds. The molecule has 0 aromatic carbocycles. The Labute approximate surface area is 81.5 Å². The number of ketones is 1. The minimum absolute atomic E-state index is 0.187. The Morgan fingerprint density at radius 1 is 1.38 bits per heavy atom. The van der Waals surface area contributed by atoms with Crippen LogP contribution in [0.15, 0.2) is 0 Å². The van der Waals surface area contributed by atoms with Crippen LogP contribution >= 0.6 is 12.6 Å². The summed E-state index contributed by atoms with van der Waals surface area (Å²) >= 11 is 3.64. The predicted octanol–water partition coefficient (Wildman–Crippen LogP) is -0.277. The van der Waals surface area contributed by atoms with E-state index >= 15 is 0 Å². The molecule has 1 saturated heterocycles. The molecule has 1 unspecified atom stereocenters. The van der Waals surface area contributed by atoms with Gasteiger partial charge in [-0.2, -0.15) is 0 Å². The van der Waals surface area contributed by atoms with Gasteiger partial charge in [-0.1, -0.05) is 0 Å². The van der Waals surface area contributed by atoms with Gasteiger partial charge < -0.3 is 0 Å². The summed E-state index contributed by atoms with van der Waals surface area (Å²) in [7, 11) is 0. The van der Waals surface area contributed by atoms with Crippen LogP contribution < -0.4 is 5.32 Å². The molecule has 1 heterocycles. The van der Waals surface area contributed by atoms with Gasteiger partial charge >= 0.3 is 0 Å². The van der Waals surface area contributed by atoms with Gasteiger partial charge in [0.2, 0.25) is 10.9 Å². The van der Waals surface area contributed by atoms with Crippen molar-refractivity contribution in [3.63, 3.8) is 0 Å². The van der Waals surface area contributed by atoms with Crippen LogP contribution in [-0.4, -0.2) is 29.3 Å². The van der Waals surface area contributed by atoms with E-state index in [4.69, 9.17) is 0 Å². The summed E-state index contributed by atoms with van der Waals surface area (Å²) in [5, 5.41) is 2.21. The molecule has 0 aromatic rings. The normalized spacial score (nSPS) is 28.1. The van der Waals surface area contributed by atoms with E-state index in [9.17, 15) is 14.4 Å². The standard InChI is InChI=1S/C8H11NO3S/c10-5-6(11)8(7(12)13)3-1-2-4-9-8/h5,9H,1-4H2,(H,12,13). The number of Topliss-reactive ketones (excluding diaryl/α,β-unsaturated/α-hetero) is 1. The van der Waals surface area contributed by atoms with Crippen LogP contribution in [-0.2, 0) is 14.4 Å². The number of hydrogen-bond acceptors (Lipinski definition) is 4. The van der Waals surface area contributed by atoms with Crippen LogP contribution in [0, 0.1) is 0 Å². The molecule has 0 radical (unpaired) electrons. The molecule has 0 spiro atoms. The fourth-order valence-corrected chi connectivity index (χ4v) is 1.81. The van der Waals surface area contributed by atoms with E-state index in [1.165, 1.54) is 0 Å². The molecular formula is C8H11NO3S. The highest BCUT2D eigenvalue weighted by molar-refractivity contribution is 7.97. The summed E-state index contributed by atoms with van der Waals surface area (Å²) in [6.45, 7) is 0.575. The van der Waals surface area contributed by atoms with E-state index in [1.807, 2.05) is 0 Å². The second kappa shape index (κ2) is 4.02. The Hall–Kier alpha value is -0.680. The summed E-state index contributed by atoms with van der Waals surface area (Å²) in [5.41, 5.74) is -1.34. The van der Waals surface area contributed by atoms with Crippen molar-refractivity contribution in [2.24, 2.45) is 0 Å². The zero-order chi connectivity index (χ0) is 9.90. The summed E-state index contributed by atoms with van der Waals surface area (Å²) in [6, 6.07) is 0. The molecule has 0 bridgehead atoms. The number of aldehydes is 1. The summed E-state index contributed by atoms with van der Waals surface area (Å²) in [5.74, 6) is -0.716. The van der Waals surface area contributed by atoms with E-state index in [0.29, 0.717) is 13.0 Å². The van der Waals surface area contributed by atoms with E-state index < -0.39 is 16.4 Å². The Morgan fingerprint density at radius 2 is 2.08 bits per heavy atom. The van der Waals surface area contributed by atoms with Gasteiger partial charge in [-0.15, -0.1) is 12.6 Å². The van der Waals surface area contributed by atoms with Gasteiger partial charge in [-0.3, -0.25) is 19.7 Å². The molecule has 13 heavy (non-hydrogen) atoms. The third kappa shape index (κ3) is 1.81. The molecule has 1 fully saturated rings. The smallest absolute Gasteiger partial charge is 0.223 e. The van der Waals surface area contributed by atoms with Crippen LogP contribution in [0.25, 0.3) is 0 Å². The molecule has 5 heteroatoms. The Kier molecular flexibility index (Phi) is 3.22. The second-order valence-corrected chi connectivity index (χ2v) is 3.48. The van der Waals surface area contributed by atoms with Crippen LogP contribution in [0.5, 0.6) is 0 Å². The zero-order valence-corrected chi connectivity index (χ0v) is 7.97. The lowest BCUT2D eigenvalue weighted by atomic mass is 9.86. The monoisotopic (exact) mass is 201 g/mol. The predicted molar refractivity (Wildman–Crippen MR) is 49.6 cm³/mol. The highest BCUT2D eigenvalue weighted by Crippen LogP contribution is 2.22. The summed E-state index contributed by atoms with van der Waals surface area (Å²) < 4.78 is 0. The van der Waals surface area contributed by atoms with Crippen molar-refractivity contribution in [1.82, 2.24) is 5.32 Å². The number of piperidine rings is 1. The highest BCUT2D eigenvalue weighted by atomic mass is 32.1. The first-order valence-electron chi connectivity index (χ1n) is 4.11. The van der Waals surface area contributed by atoms with Crippen molar-refractivity contribution < 1.29 is 14.4 Å². The van der Waals surface area contributed by atoms with E-state index in [2.05, 4.69) is 17.9 Å². The topological polar surface area (TPSA) is 63.2 Å². The highest BCUT2D eigenvalue weighted by Gasteiger charge is 2.44. The third-order valence-electron chi connectivity index (χ3n) is 2.30. The van der Waals surface area contributed by atoms with Gasteiger partial charge in [0.25, 0.3) is 0 Å². The Morgan fingerprint density at radius 3 is 2.46 bits per heavy atom. The molecular weight excluding hydrogens is 190 g/mol. The molecule has 1 N–H and O–H groups in total. The average Bonchev–Trinajstić information content (AvgIpc) is 2.17. The molecule has 1 aliphatic heterocycles. The van der Waals surface area contributed by atoms with Gasteiger partial charge in [0, 0.05) is 0 Å². The molecule has 0 aliphatic carbocycles. The van der Waals surface area contributed by atoms with Crippen LogP contribution in [0.2, 0.25) is 0 Å². The Bertz CT molecular complexity index is 246. The summed E-state index contributed by atoms with van der Waals surface area (Å²) in [4.78, 5) is 32.7. The maximum atomic E-state index is 11.2. The van der Waals surface area contributed by atoms with Gasteiger partial charge in [-0.25, -0.2) is 0 Å². The number of carbonyl (C=O) groups is 3.